The van der Waals surface area contributed by atoms with E-state index in [2.05, 4.69) is 34.8 Å². The minimum atomic E-state index is 0.260. The number of anilines is 1. The average molecular weight is 234 g/mol. The lowest BCUT2D eigenvalue weighted by atomic mass is 10.1. The highest BCUT2D eigenvalue weighted by molar-refractivity contribution is 5.34. The van der Waals surface area contributed by atoms with Crippen LogP contribution in [0.15, 0.2) is 6.07 Å². The Hall–Kier alpha value is -1.16. The van der Waals surface area contributed by atoms with Crippen LogP contribution in [0.2, 0.25) is 0 Å². The summed E-state index contributed by atoms with van der Waals surface area (Å²) in [5, 5.41) is 0. The molecule has 4 heteroatoms. The van der Waals surface area contributed by atoms with Gasteiger partial charge in [0.25, 0.3) is 0 Å². The van der Waals surface area contributed by atoms with Gasteiger partial charge in [-0.2, -0.15) is 0 Å². The first-order chi connectivity index (χ1) is 8.06. The summed E-state index contributed by atoms with van der Waals surface area (Å²) >= 11 is 0. The molecule has 0 aliphatic carbocycles. The molecule has 0 bridgehead atoms. The van der Waals surface area contributed by atoms with Gasteiger partial charge in [0.05, 0.1) is 0 Å². The molecule has 17 heavy (non-hydrogen) atoms. The number of aryl methyl sites for hydroxylation is 1. The highest BCUT2D eigenvalue weighted by atomic mass is 15.3. The Morgan fingerprint density at radius 2 is 2.18 bits per heavy atom. The number of piperidine rings is 1. The molecule has 94 valence electrons. The van der Waals surface area contributed by atoms with Gasteiger partial charge in [-0.25, -0.2) is 9.97 Å². The van der Waals surface area contributed by atoms with E-state index < -0.39 is 0 Å². The topological polar surface area (TPSA) is 55.0 Å². The smallest absolute Gasteiger partial charge is 0.225 e. The second-order valence-corrected chi connectivity index (χ2v) is 5.24. The fraction of sp³-hybridized carbons (Fsp3) is 0.692. The van der Waals surface area contributed by atoms with Crippen molar-refractivity contribution in [1.82, 2.24) is 9.97 Å². The first-order valence-electron chi connectivity index (χ1n) is 6.42. The lowest BCUT2D eigenvalue weighted by Gasteiger charge is -2.31. The van der Waals surface area contributed by atoms with Crippen LogP contribution in [0, 0.1) is 6.92 Å². The summed E-state index contributed by atoms with van der Waals surface area (Å²) in [4.78, 5) is 11.4. The van der Waals surface area contributed by atoms with Crippen molar-refractivity contribution in [1.29, 1.82) is 0 Å². The minimum absolute atomic E-state index is 0.260. The summed E-state index contributed by atoms with van der Waals surface area (Å²) < 4.78 is 0. The highest BCUT2D eigenvalue weighted by Gasteiger charge is 2.19. The number of nitrogens with zero attached hydrogens (tertiary/aromatic N) is 3. The van der Waals surface area contributed by atoms with Gasteiger partial charge in [-0.05, 0) is 31.7 Å². The minimum Gasteiger partial charge on any atom is -0.339 e. The largest absolute Gasteiger partial charge is 0.339 e. The molecule has 0 radical (unpaired) electrons. The number of hydrogen-bond acceptors (Lipinski definition) is 4. The Morgan fingerprint density at radius 3 is 2.82 bits per heavy atom. The van der Waals surface area contributed by atoms with Crippen LogP contribution in [0.25, 0.3) is 0 Å². The maximum atomic E-state index is 6.00. The van der Waals surface area contributed by atoms with Gasteiger partial charge in [0.2, 0.25) is 5.95 Å². The van der Waals surface area contributed by atoms with Crippen molar-refractivity contribution in [3.8, 4) is 0 Å². The molecule has 1 aliphatic heterocycles. The van der Waals surface area contributed by atoms with E-state index in [4.69, 9.17) is 5.73 Å². The van der Waals surface area contributed by atoms with Crippen LogP contribution in [-0.2, 0) is 0 Å². The molecule has 1 unspecified atom stereocenters. The van der Waals surface area contributed by atoms with E-state index in [-0.39, 0.29) is 6.04 Å². The summed E-state index contributed by atoms with van der Waals surface area (Å²) in [5.74, 6) is 1.29. The van der Waals surface area contributed by atoms with Crippen LogP contribution in [-0.4, -0.2) is 29.1 Å². The van der Waals surface area contributed by atoms with Crippen LogP contribution in [0.5, 0.6) is 0 Å². The Bertz CT molecular complexity index is 389. The number of aromatic nitrogens is 2. The molecule has 1 aromatic rings. The molecule has 0 aromatic carbocycles. The first-order valence-corrected chi connectivity index (χ1v) is 6.42. The molecule has 1 atom stereocenters. The van der Waals surface area contributed by atoms with Gasteiger partial charge in [0.15, 0.2) is 0 Å². The van der Waals surface area contributed by atoms with Crippen molar-refractivity contribution in [3.05, 3.63) is 17.5 Å². The average Bonchev–Trinajstić information content (AvgIpc) is 2.28. The molecule has 1 saturated heterocycles. The van der Waals surface area contributed by atoms with Crippen molar-refractivity contribution in [2.24, 2.45) is 5.73 Å². The molecule has 1 fully saturated rings. The second-order valence-electron chi connectivity index (χ2n) is 5.24. The van der Waals surface area contributed by atoms with Gasteiger partial charge in [-0.1, -0.05) is 13.8 Å². The SMILES string of the molecule is Cc1cc(C(C)C)nc(N2CCCC(N)C2)n1. The van der Waals surface area contributed by atoms with Crippen LogP contribution >= 0.6 is 0 Å². The lowest BCUT2D eigenvalue weighted by molar-refractivity contribution is 0.498. The maximum Gasteiger partial charge on any atom is 0.225 e. The zero-order valence-electron chi connectivity index (χ0n) is 11.0. The van der Waals surface area contributed by atoms with E-state index in [0.717, 1.165) is 43.3 Å². The molecule has 4 nitrogen and oxygen atoms in total. The first kappa shape index (κ1) is 12.3. The predicted molar refractivity (Wildman–Crippen MR) is 70.3 cm³/mol. The van der Waals surface area contributed by atoms with E-state index >= 15 is 0 Å². The Morgan fingerprint density at radius 1 is 1.41 bits per heavy atom. The van der Waals surface area contributed by atoms with E-state index in [1.165, 1.54) is 0 Å². The van der Waals surface area contributed by atoms with Crippen molar-refractivity contribution >= 4 is 5.95 Å². The van der Waals surface area contributed by atoms with E-state index in [9.17, 15) is 0 Å². The lowest BCUT2D eigenvalue weighted by Crippen LogP contribution is -2.43. The van der Waals surface area contributed by atoms with Crippen molar-refractivity contribution < 1.29 is 0 Å². The number of nitrogens with two attached hydrogens (primary N) is 1. The summed E-state index contributed by atoms with van der Waals surface area (Å²) in [6, 6.07) is 2.33. The van der Waals surface area contributed by atoms with Crippen LogP contribution in [0.3, 0.4) is 0 Å². The van der Waals surface area contributed by atoms with Crippen LogP contribution < -0.4 is 10.6 Å². The standard InChI is InChI=1S/C13H22N4/c1-9(2)12-7-10(3)15-13(16-12)17-6-4-5-11(14)8-17/h7,9,11H,4-6,8,14H2,1-3H3. The quantitative estimate of drug-likeness (QED) is 0.848. The van der Waals surface area contributed by atoms with Crippen molar-refractivity contribution in [2.75, 3.05) is 18.0 Å². The van der Waals surface area contributed by atoms with Gasteiger partial charge >= 0.3 is 0 Å². The second kappa shape index (κ2) is 5.00. The monoisotopic (exact) mass is 234 g/mol. The Kier molecular flexibility index (Phi) is 3.62. The molecule has 2 N–H and O–H groups in total. The molecule has 0 amide bonds. The molecule has 2 rings (SSSR count). The fourth-order valence-electron chi connectivity index (χ4n) is 2.21. The third-order valence-corrected chi connectivity index (χ3v) is 3.19. The molecule has 0 spiro atoms. The fourth-order valence-corrected chi connectivity index (χ4v) is 2.21. The Labute approximate surface area is 103 Å². The zero-order chi connectivity index (χ0) is 12.4. The molecule has 1 aromatic heterocycles. The molecule has 1 aliphatic rings. The third-order valence-electron chi connectivity index (χ3n) is 3.19. The van der Waals surface area contributed by atoms with Gasteiger partial charge in [-0.3, -0.25) is 0 Å². The predicted octanol–water partition coefficient (Wildman–Crippen LogP) is 1.84. The summed E-state index contributed by atoms with van der Waals surface area (Å²) in [5.41, 5.74) is 8.16. The third kappa shape index (κ3) is 2.94. The summed E-state index contributed by atoms with van der Waals surface area (Å²) in [6.07, 6.45) is 2.24. The molecular formula is C13H22N4. The van der Waals surface area contributed by atoms with E-state index in [1.54, 1.807) is 0 Å². The van der Waals surface area contributed by atoms with Gasteiger partial charge in [0, 0.05) is 30.5 Å². The number of rotatable bonds is 2. The highest BCUT2D eigenvalue weighted by Crippen LogP contribution is 2.19. The molecule has 2 heterocycles. The van der Waals surface area contributed by atoms with Crippen molar-refractivity contribution in [3.63, 3.8) is 0 Å². The normalized spacial score (nSPS) is 21.0. The van der Waals surface area contributed by atoms with Crippen LogP contribution in [0.4, 0.5) is 5.95 Å². The molecular weight excluding hydrogens is 212 g/mol. The maximum absolute atomic E-state index is 6.00. The van der Waals surface area contributed by atoms with E-state index in [1.807, 2.05) is 6.92 Å². The van der Waals surface area contributed by atoms with Crippen molar-refractivity contribution in [2.45, 2.75) is 45.6 Å². The van der Waals surface area contributed by atoms with Gasteiger partial charge in [0.1, 0.15) is 0 Å². The summed E-state index contributed by atoms with van der Waals surface area (Å²) in [7, 11) is 0. The summed E-state index contributed by atoms with van der Waals surface area (Å²) in [6.45, 7) is 8.25. The van der Waals surface area contributed by atoms with Gasteiger partial charge in [-0.15, -0.1) is 0 Å². The van der Waals surface area contributed by atoms with E-state index in [0.29, 0.717) is 5.92 Å². The molecule has 0 saturated carbocycles. The zero-order valence-corrected chi connectivity index (χ0v) is 11.0. The van der Waals surface area contributed by atoms with Crippen LogP contribution in [0.1, 0.15) is 44.0 Å². The Balaban J connectivity index is 2.25. The number of hydrogen-bond donors (Lipinski definition) is 1. The van der Waals surface area contributed by atoms with Gasteiger partial charge < -0.3 is 10.6 Å².